The number of carbonyl (C=O) groups is 2. The van der Waals surface area contributed by atoms with Gasteiger partial charge in [0.15, 0.2) is 8.68 Å². The highest BCUT2D eigenvalue weighted by Crippen LogP contribution is 2.28. The minimum Gasteiger partial charge on any atom is -0.369 e. The van der Waals surface area contributed by atoms with E-state index in [1.807, 2.05) is 0 Å². The molecule has 6 nitrogen and oxygen atoms in total. The zero-order valence-corrected chi connectivity index (χ0v) is 15.0. The number of amides is 2. The Bertz CT molecular complexity index is 694. The lowest BCUT2D eigenvalue weighted by Crippen LogP contribution is -2.27. The number of carbonyl (C=O) groups excluding carboxylic acids is 2. The average molecular weight is 386 g/mol. The average Bonchev–Trinajstić information content (AvgIpc) is 3.01. The molecule has 0 bridgehead atoms. The molecule has 3 N–H and O–H groups in total. The molecule has 1 aromatic heterocycles. The van der Waals surface area contributed by atoms with Gasteiger partial charge in [-0.15, -0.1) is 10.2 Å². The van der Waals surface area contributed by atoms with Gasteiger partial charge >= 0.3 is 0 Å². The molecule has 10 heteroatoms. The Balaban J connectivity index is 1.65. The molecule has 2 amide bonds. The summed E-state index contributed by atoms with van der Waals surface area (Å²) in [6.45, 7) is 0.487. The van der Waals surface area contributed by atoms with E-state index in [1.165, 1.54) is 47.0 Å². The van der Waals surface area contributed by atoms with E-state index in [9.17, 15) is 14.0 Å². The third kappa shape index (κ3) is 6.85. The number of nitrogens with two attached hydrogens (primary N) is 1. The van der Waals surface area contributed by atoms with E-state index >= 15 is 0 Å². The summed E-state index contributed by atoms with van der Waals surface area (Å²) in [6, 6.07) is 6.19. The van der Waals surface area contributed by atoms with Crippen LogP contribution in [0.4, 0.5) is 4.39 Å². The minimum absolute atomic E-state index is 0.108. The highest BCUT2D eigenvalue weighted by atomic mass is 32.2. The number of halogens is 1. The van der Waals surface area contributed by atoms with E-state index in [2.05, 4.69) is 15.5 Å². The van der Waals surface area contributed by atoms with E-state index in [0.717, 1.165) is 5.56 Å². The first-order chi connectivity index (χ1) is 11.5. The van der Waals surface area contributed by atoms with E-state index in [0.29, 0.717) is 21.6 Å². The van der Waals surface area contributed by atoms with Crippen molar-refractivity contribution in [3.63, 3.8) is 0 Å². The Kier molecular flexibility index (Phi) is 7.47. The maximum atomic E-state index is 12.8. The molecule has 1 aromatic carbocycles. The van der Waals surface area contributed by atoms with Crippen molar-refractivity contribution in [2.75, 3.05) is 18.1 Å². The molecule has 0 atom stereocenters. The summed E-state index contributed by atoms with van der Waals surface area (Å²) < 4.78 is 14.1. The van der Waals surface area contributed by atoms with Crippen LogP contribution < -0.4 is 11.1 Å². The smallest absolute Gasteiger partial charge is 0.230 e. The van der Waals surface area contributed by atoms with E-state index < -0.39 is 5.91 Å². The van der Waals surface area contributed by atoms with Crippen molar-refractivity contribution in [1.82, 2.24) is 15.5 Å². The fourth-order valence-corrected chi connectivity index (χ4v) is 4.21. The topological polar surface area (TPSA) is 98.0 Å². The molecule has 0 saturated carbocycles. The van der Waals surface area contributed by atoms with Crippen LogP contribution in [0.1, 0.15) is 5.56 Å². The van der Waals surface area contributed by atoms with Crippen LogP contribution in [0.15, 0.2) is 32.9 Å². The summed E-state index contributed by atoms with van der Waals surface area (Å²) in [5, 5.41) is 10.7. The standard InChI is InChI=1S/C14H15FN4O2S3/c15-10-3-1-9(2-4-10)5-6-17-12(21)8-23-14-19-18-13(24-14)22-7-11(16)20/h1-4H,5-8H2,(H2,16,20)(H,17,21). The minimum atomic E-state index is -0.412. The summed E-state index contributed by atoms with van der Waals surface area (Å²) in [5.74, 6) is -0.403. The second-order valence-corrected chi connectivity index (χ2v) is 8.03. The van der Waals surface area contributed by atoms with Crippen LogP contribution >= 0.6 is 34.9 Å². The maximum Gasteiger partial charge on any atom is 0.230 e. The molecule has 24 heavy (non-hydrogen) atoms. The number of hydrogen-bond donors (Lipinski definition) is 2. The van der Waals surface area contributed by atoms with Crippen molar-refractivity contribution < 1.29 is 14.0 Å². The Labute approximate surface area is 150 Å². The number of primary amides is 1. The zero-order valence-electron chi connectivity index (χ0n) is 12.5. The normalized spacial score (nSPS) is 10.5. The Morgan fingerprint density at radius 2 is 1.75 bits per heavy atom. The SMILES string of the molecule is NC(=O)CSc1nnc(SCC(=O)NCCc2ccc(F)cc2)s1. The Hall–Kier alpha value is -1.65. The molecule has 0 fully saturated rings. The van der Waals surface area contributed by atoms with Crippen molar-refractivity contribution >= 4 is 46.7 Å². The molecule has 0 aliphatic rings. The highest BCUT2D eigenvalue weighted by molar-refractivity contribution is 8.03. The van der Waals surface area contributed by atoms with Gasteiger partial charge in [0.1, 0.15) is 5.82 Å². The molecule has 0 radical (unpaired) electrons. The maximum absolute atomic E-state index is 12.8. The fraction of sp³-hybridized carbons (Fsp3) is 0.286. The number of rotatable bonds is 9. The van der Waals surface area contributed by atoms with Crippen LogP contribution in [0.5, 0.6) is 0 Å². The lowest BCUT2D eigenvalue weighted by Gasteiger charge is -2.04. The van der Waals surface area contributed by atoms with Gasteiger partial charge in [-0.1, -0.05) is 47.0 Å². The summed E-state index contributed by atoms with van der Waals surface area (Å²) >= 11 is 3.83. The predicted molar refractivity (Wildman–Crippen MR) is 93.7 cm³/mol. The van der Waals surface area contributed by atoms with Crippen LogP contribution in [-0.4, -0.2) is 40.1 Å². The quantitative estimate of drug-likeness (QED) is 0.637. The second kappa shape index (κ2) is 9.60. The molecule has 0 unspecified atom stereocenters. The first-order valence-corrected chi connectivity index (χ1v) is 9.70. The van der Waals surface area contributed by atoms with Gasteiger partial charge in [0, 0.05) is 6.54 Å². The first-order valence-electron chi connectivity index (χ1n) is 6.91. The second-order valence-electron chi connectivity index (χ2n) is 4.60. The van der Waals surface area contributed by atoms with E-state index in [4.69, 9.17) is 5.73 Å². The number of aromatic nitrogens is 2. The van der Waals surface area contributed by atoms with Crippen molar-refractivity contribution in [2.24, 2.45) is 5.73 Å². The van der Waals surface area contributed by atoms with Crippen LogP contribution in [0.3, 0.4) is 0 Å². The van der Waals surface area contributed by atoms with Gasteiger partial charge in [-0.2, -0.15) is 0 Å². The van der Waals surface area contributed by atoms with E-state index in [1.54, 1.807) is 12.1 Å². The van der Waals surface area contributed by atoms with Gasteiger partial charge in [0.05, 0.1) is 11.5 Å². The summed E-state index contributed by atoms with van der Waals surface area (Å²) in [4.78, 5) is 22.5. The molecule has 0 aliphatic carbocycles. The number of hydrogen-bond acceptors (Lipinski definition) is 7. The van der Waals surface area contributed by atoms with Crippen LogP contribution in [0.25, 0.3) is 0 Å². The number of nitrogens with zero attached hydrogens (tertiary/aromatic N) is 2. The van der Waals surface area contributed by atoms with Crippen molar-refractivity contribution in [1.29, 1.82) is 0 Å². The van der Waals surface area contributed by atoms with Gasteiger partial charge in [0.2, 0.25) is 11.8 Å². The van der Waals surface area contributed by atoms with Crippen LogP contribution in [0.2, 0.25) is 0 Å². The molecule has 2 rings (SSSR count). The van der Waals surface area contributed by atoms with Crippen molar-refractivity contribution in [2.45, 2.75) is 15.1 Å². The van der Waals surface area contributed by atoms with E-state index in [-0.39, 0.29) is 23.2 Å². The first kappa shape index (κ1) is 18.7. The summed E-state index contributed by atoms with van der Waals surface area (Å²) in [6.07, 6.45) is 0.642. The molecular weight excluding hydrogens is 371 g/mol. The Morgan fingerprint density at radius 3 is 2.38 bits per heavy atom. The Morgan fingerprint density at radius 1 is 1.12 bits per heavy atom. The van der Waals surface area contributed by atoms with Crippen molar-refractivity contribution in [3.05, 3.63) is 35.6 Å². The number of thioether (sulfide) groups is 2. The molecule has 128 valence electrons. The van der Waals surface area contributed by atoms with Crippen molar-refractivity contribution in [3.8, 4) is 0 Å². The third-order valence-corrected chi connectivity index (χ3v) is 5.91. The van der Waals surface area contributed by atoms with Gasteiger partial charge in [0.25, 0.3) is 0 Å². The predicted octanol–water partition coefficient (Wildman–Crippen LogP) is 1.71. The lowest BCUT2D eigenvalue weighted by molar-refractivity contribution is -0.118. The zero-order chi connectivity index (χ0) is 17.4. The van der Waals surface area contributed by atoms with Gasteiger partial charge in [-0.05, 0) is 24.1 Å². The molecule has 2 aromatic rings. The summed E-state index contributed by atoms with van der Waals surface area (Å²) in [5.41, 5.74) is 6.02. The third-order valence-electron chi connectivity index (χ3n) is 2.70. The number of nitrogens with one attached hydrogen (secondary N) is 1. The van der Waals surface area contributed by atoms with Gasteiger partial charge in [-0.3, -0.25) is 9.59 Å². The molecule has 1 heterocycles. The van der Waals surface area contributed by atoms with Crippen LogP contribution in [-0.2, 0) is 16.0 Å². The fourth-order valence-electron chi connectivity index (χ4n) is 1.62. The molecule has 0 spiro atoms. The summed E-state index contributed by atoms with van der Waals surface area (Å²) in [7, 11) is 0. The highest BCUT2D eigenvalue weighted by Gasteiger charge is 2.09. The monoisotopic (exact) mass is 386 g/mol. The van der Waals surface area contributed by atoms with Gasteiger partial charge < -0.3 is 11.1 Å². The molecule has 0 saturated heterocycles. The largest absolute Gasteiger partial charge is 0.369 e. The molecule has 0 aliphatic heterocycles. The lowest BCUT2D eigenvalue weighted by atomic mass is 10.1. The van der Waals surface area contributed by atoms with Gasteiger partial charge in [-0.25, -0.2) is 4.39 Å². The number of benzene rings is 1. The van der Waals surface area contributed by atoms with Crippen LogP contribution in [0, 0.1) is 5.82 Å². The molecular formula is C14H15FN4O2S3.